The summed E-state index contributed by atoms with van der Waals surface area (Å²) in [5.74, 6) is -3.24. The normalized spacial score (nSPS) is 9.83. The topological polar surface area (TPSA) is 156 Å². The Morgan fingerprint density at radius 2 is 1.48 bits per heavy atom. The lowest BCUT2D eigenvalue weighted by Gasteiger charge is -2.06. The number of nitro groups is 2. The van der Waals surface area contributed by atoms with Crippen molar-refractivity contribution < 1.29 is 33.7 Å². The Kier molecular flexibility index (Phi) is 5.43. The lowest BCUT2D eigenvalue weighted by atomic mass is 10.0. The predicted molar refractivity (Wildman–Crippen MR) is 72.1 cm³/mol. The fourth-order valence-corrected chi connectivity index (χ4v) is 1.71. The minimum Gasteiger partial charge on any atom is -0.469 e. The van der Waals surface area contributed by atoms with Crippen molar-refractivity contribution in [1.29, 1.82) is 0 Å². The Labute approximate surface area is 128 Å². The van der Waals surface area contributed by atoms with Gasteiger partial charge in [-0.3, -0.25) is 29.8 Å². The van der Waals surface area contributed by atoms with Crippen LogP contribution in [0, 0.1) is 20.2 Å². The molecular formula is C12H10N2O9. The van der Waals surface area contributed by atoms with Gasteiger partial charge >= 0.3 is 11.9 Å². The summed E-state index contributed by atoms with van der Waals surface area (Å²) in [7, 11) is 1.97. The molecule has 1 aromatic carbocycles. The summed E-state index contributed by atoms with van der Waals surface area (Å²) in [6, 6.07) is 1.34. The number of nitrogens with zero attached hydrogens (tertiary/aromatic N) is 2. The zero-order chi connectivity index (χ0) is 17.7. The second-order valence-corrected chi connectivity index (χ2v) is 4.07. The van der Waals surface area contributed by atoms with Crippen LogP contribution in [0.3, 0.4) is 0 Å². The first-order valence-electron chi connectivity index (χ1n) is 5.88. The van der Waals surface area contributed by atoms with E-state index in [1.165, 1.54) is 0 Å². The molecule has 11 heteroatoms. The Balaban J connectivity index is 3.62. The zero-order valence-corrected chi connectivity index (χ0v) is 11.9. The largest absolute Gasteiger partial charge is 0.469 e. The molecule has 0 aliphatic rings. The van der Waals surface area contributed by atoms with E-state index in [2.05, 4.69) is 9.47 Å². The van der Waals surface area contributed by atoms with Crippen LogP contribution < -0.4 is 0 Å². The van der Waals surface area contributed by atoms with Gasteiger partial charge in [0.25, 0.3) is 11.4 Å². The number of methoxy groups -OCH3 is 2. The third kappa shape index (κ3) is 3.84. The van der Waals surface area contributed by atoms with Gasteiger partial charge in [0.1, 0.15) is 6.42 Å². The predicted octanol–water partition coefficient (Wildman–Crippen LogP) is 1.04. The molecule has 0 bridgehead atoms. The summed E-state index contributed by atoms with van der Waals surface area (Å²) in [5.41, 5.74) is -3.32. The van der Waals surface area contributed by atoms with Gasteiger partial charge in [-0.15, -0.1) is 0 Å². The number of Topliss-reactive ketones (excluding diaryl/α,β-unsaturated/α-hetero) is 1. The van der Waals surface area contributed by atoms with Crippen molar-refractivity contribution >= 4 is 29.1 Å². The highest BCUT2D eigenvalue weighted by Crippen LogP contribution is 2.32. The Morgan fingerprint density at radius 3 is 1.83 bits per heavy atom. The first-order chi connectivity index (χ1) is 10.7. The van der Waals surface area contributed by atoms with Crippen LogP contribution in [-0.2, 0) is 14.3 Å². The molecular weight excluding hydrogens is 316 g/mol. The number of carbonyl (C=O) groups excluding carboxylic acids is 3. The van der Waals surface area contributed by atoms with Crippen LogP contribution in [0.4, 0.5) is 11.4 Å². The number of hydrogen-bond donors (Lipinski definition) is 0. The highest BCUT2D eigenvalue weighted by Gasteiger charge is 2.34. The van der Waals surface area contributed by atoms with Crippen LogP contribution in [-0.4, -0.2) is 41.8 Å². The molecule has 0 unspecified atom stereocenters. The van der Waals surface area contributed by atoms with Gasteiger partial charge < -0.3 is 9.47 Å². The van der Waals surface area contributed by atoms with Crippen molar-refractivity contribution in [3.05, 3.63) is 43.5 Å². The fourth-order valence-electron chi connectivity index (χ4n) is 1.71. The molecule has 0 aliphatic carbocycles. The second kappa shape index (κ2) is 7.06. The molecule has 1 aromatic rings. The van der Waals surface area contributed by atoms with Gasteiger partial charge in [0.05, 0.1) is 29.6 Å². The van der Waals surface area contributed by atoms with Gasteiger partial charge in [0.2, 0.25) is 0 Å². The van der Waals surface area contributed by atoms with Gasteiger partial charge in [0, 0.05) is 12.1 Å². The van der Waals surface area contributed by atoms with Crippen molar-refractivity contribution in [1.82, 2.24) is 0 Å². The molecule has 0 fully saturated rings. The van der Waals surface area contributed by atoms with Crippen molar-refractivity contribution in [2.75, 3.05) is 14.2 Å². The van der Waals surface area contributed by atoms with Crippen LogP contribution in [0.5, 0.6) is 0 Å². The van der Waals surface area contributed by atoms with Crippen LogP contribution >= 0.6 is 0 Å². The number of ether oxygens (including phenoxy) is 2. The molecule has 0 amide bonds. The molecule has 11 nitrogen and oxygen atoms in total. The molecule has 0 aromatic heterocycles. The minimum absolute atomic E-state index is 0.472. The van der Waals surface area contributed by atoms with Crippen LogP contribution in [0.15, 0.2) is 12.1 Å². The van der Waals surface area contributed by atoms with E-state index in [4.69, 9.17) is 0 Å². The molecule has 0 atom stereocenters. The summed E-state index contributed by atoms with van der Waals surface area (Å²) in [6.45, 7) is 0. The minimum atomic E-state index is -1.17. The maximum absolute atomic E-state index is 12.0. The van der Waals surface area contributed by atoms with Crippen molar-refractivity contribution in [3.63, 3.8) is 0 Å². The van der Waals surface area contributed by atoms with Crippen molar-refractivity contribution in [2.45, 2.75) is 6.42 Å². The molecule has 0 spiro atoms. The number of nitro benzene ring substituents is 2. The van der Waals surface area contributed by atoms with E-state index in [0.29, 0.717) is 12.1 Å². The number of ketones is 1. The van der Waals surface area contributed by atoms with E-state index < -0.39 is 56.5 Å². The fraction of sp³-hybridized carbons (Fsp3) is 0.250. The molecule has 1 rings (SSSR count). The Hall–Kier alpha value is -3.37. The number of carbonyl (C=O) groups is 3. The van der Waals surface area contributed by atoms with Crippen molar-refractivity contribution in [3.8, 4) is 0 Å². The highest BCUT2D eigenvalue weighted by molar-refractivity contribution is 6.11. The Morgan fingerprint density at radius 1 is 1.00 bits per heavy atom. The van der Waals surface area contributed by atoms with Gasteiger partial charge in [-0.2, -0.15) is 0 Å². The number of rotatable bonds is 6. The number of hydrogen-bond acceptors (Lipinski definition) is 9. The molecule has 0 saturated carbocycles. The maximum atomic E-state index is 12.0. The average molecular weight is 326 g/mol. The molecule has 0 N–H and O–H groups in total. The molecule has 23 heavy (non-hydrogen) atoms. The average Bonchev–Trinajstić information content (AvgIpc) is 2.52. The molecule has 0 aliphatic heterocycles. The van der Waals surface area contributed by atoms with Crippen molar-refractivity contribution in [2.24, 2.45) is 0 Å². The van der Waals surface area contributed by atoms with Crippen LogP contribution in [0.25, 0.3) is 0 Å². The zero-order valence-electron chi connectivity index (χ0n) is 11.9. The molecule has 0 saturated heterocycles. The first-order valence-corrected chi connectivity index (χ1v) is 5.88. The third-order valence-corrected chi connectivity index (χ3v) is 2.72. The van der Waals surface area contributed by atoms with E-state index in [1.54, 1.807) is 0 Å². The van der Waals surface area contributed by atoms with E-state index in [0.717, 1.165) is 14.2 Å². The number of esters is 2. The standard InChI is InChI=1S/C12H10N2O9/c1-22-10(16)5-9(15)11-7(13(18)19)3-6(12(17)23-2)4-8(11)14(20)21/h3-4H,5H2,1-2H3. The highest BCUT2D eigenvalue weighted by atomic mass is 16.6. The monoisotopic (exact) mass is 326 g/mol. The summed E-state index contributed by atoms with van der Waals surface area (Å²) >= 11 is 0. The number of benzene rings is 1. The third-order valence-electron chi connectivity index (χ3n) is 2.72. The maximum Gasteiger partial charge on any atom is 0.338 e. The quantitative estimate of drug-likeness (QED) is 0.245. The second-order valence-electron chi connectivity index (χ2n) is 4.07. The summed E-state index contributed by atoms with van der Waals surface area (Å²) in [5, 5.41) is 22.2. The van der Waals surface area contributed by atoms with E-state index in [9.17, 15) is 34.6 Å². The van der Waals surface area contributed by atoms with Gasteiger partial charge in [-0.1, -0.05) is 0 Å². The van der Waals surface area contributed by atoms with Gasteiger partial charge in [0.15, 0.2) is 11.3 Å². The summed E-state index contributed by atoms with van der Waals surface area (Å²) in [6.07, 6.45) is -0.921. The van der Waals surface area contributed by atoms with Gasteiger partial charge in [-0.25, -0.2) is 4.79 Å². The smallest absolute Gasteiger partial charge is 0.338 e. The Bertz CT molecular complexity index is 675. The SMILES string of the molecule is COC(=O)CC(=O)c1c([N+](=O)[O-])cc(C(=O)OC)cc1[N+](=O)[O-]. The van der Waals surface area contributed by atoms with Crippen LogP contribution in [0.1, 0.15) is 27.1 Å². The lowest BCUT2D eigenvalue weighted by Crippen LogP contribution is -2.15. The molecule has 122 valence electrons. The summed E-state index contributed by atoms with van der Waals surface area (Å²) < 4.78 is 8.59. The first kappa shape index (κ1) is 17.7. The van der Waals surface area contributed by atoms with E-state index in [-0.39, 0.29) is 0 Å². The summed E-state index contributed by atoms with van der Waals surface area (Å²) in [4.78, 5) is 54.6. The molecule has 0 radical (unpaired) electrons. The lowest BCUT2D eigenvalue weighted by molar-refractivity contribution is -0.394. The van der Waals surface area contributed by atoms with Crippen LogP contribution in [0.2, 0.25) is 0 Å². The van der Waals surface area contributed by atoms with Gasteiger partial charge in [-0.05, 0) is 0 Å². The van der Waals surface area contributed by atoms with E-state index >= 15 is 0 Å². The van der Waals surface area contributed by atoms with E-state index in [1.807, 2.05) is 0 Å². The molecule has 0 heterocycles.